The quantitative estimate of drug-likeness (QED) is 0.914. The van der Waals surface area contributed by atoms with Crippen LogP contribution in [0.1, 0.15) is 31.4 Å². The summed E-state index contributed by atoms with van der Waals surface area (Å²) in [5.41, 5.74) is 1.37. The molecule has 0 saturated carbocycles. The Labute approximate surface area is 124 Å². The summed E-state index contributed by atoms with van der Waals surface area (Å²) in [5.74, 6) is 1.83. The maximum atomic E-state index is 6.14. The fraction of sp³-hybridized carbons (Fsp3) is 0.600. The normalized spacial score (nSPS) is 30.3. The molecule has 0 amide bonds. The average molecular weight is 298 g/mol. The van der Waals surface area contributed by atoms with Gasteiger partial charge in [0.25, 0.3) is 0 Å². The molecule has 3 atom stereocenters. The number of benzene rings is 1. The zero-order valence-electron chi connectivity index (χ0n) is 11.2. The van der Waals surface area contributed by atoms with Crippen LogP contribution in [0.25, 0.3) is 0 Å². The van der Waals surface area contributed by atoms with Gasteiger partial charge in [0.2, 0.25) is 0 Å². The molecule has 1 aromatic carbocycles. The lowest BCUT2D eigenvalue weighted by atomic mass is 9.99. The van der Waals surface area contributed by atoms with Crippen LogP contribution in [-0.4, -0.2) is 25.0 Å². The molecule has 0 radical (unpaired) electrons. The summed E-state index contributed by atoms with van der Waals surface area (Å²) < 4.78 is 5.63. The topological polar surface area (TPSA) is 21.3 Å². The smallest absolute Gasteiger partial charge is 0.0588 e. The summed E-state index contributed by atoms with van der Waals surface area (Å²) in [6, 6.07) is 6.71. The summed E-state index contributed by atoms with van der Waals surface area (Å²) in [6.07, 6.45) is 2.75. The van der Waals surface area contributed by atoms with Crippen molar-refractivity contribution in [2.24, 2.45) is 5.92 Å². The molecule has 0 spiro atoms. The molecule has 3 rings (SSSR count). The molecule has 2 aliphatic rings. The maximum Gasteiger partial charge on any atom is 0.0588 e. The van der Waals surface area contributed by atoms with Gasteiger partial charge in [-0.3, -0.25) is 0 Å². The number of nitrogens with one attached hydrogen (secondary N) is 1. The number of thioether (sulfide) groups is 1. The van der Waals surface area contributed by atoms with Crippen LogP contribution in [0.5, 0.6) is 0 Å². The Bertz CT molecular complexity index is 454. The molecule has 4 heteroatoms. The van der Waals surface area contributed by atoms with Gasteiger partial charge >= 0.3 is 0 Å². The molecule has 2 nitrogen and oxygen atoms in total. The summed E-state index contributed by atoms with van der Waals surface area (Å²) in [6.45, 7) is 4.14. The summed E-state index contributed by atoms with van der Waals surface area (Å²) >= 11 is 8.07. The lowest BCUT2D eigenvalue weighted by molar-refractivity contribution is 0.105. The lowest BCUT2D eigenvalue weighted by Crippen LogP contribution is -2.32. The number of hydrogen-bond donors (Lipinski definition) is 1. The molecule has 1 saturated heterocycles. The largest absolute Gasteiger partial charge is 0.378 e. The van der Waals surface area contributed by atoms with Crippen LogP contribution >= 0.6 is 23.4 Å². The van der Waals surface area contributed by atoms with Crippen molar-refractivity contribution in [3.8, 4) is 0 Å². The second-order valence-corrected chi connectivity index (χ2v) is 6.98. The van der Waals surface area contributed by atoms with E-state index in [0.29, 0.717) is 18.1 Å². The summed E-state index contributed by atoms with van der Waals surface area (Å²) in [4.78, 5) is 1.38. The van der Waals surface area contributed by atoms with Crippen LogP contribution in [-0.2, 0) is 4.74 Å². The predicted octanol–water partition coefficient (Wildman–Crippen LogP) is 3.89. The van der Waals surface area contributed by atoms with Gasteiger partial charge in [-0.1, -0.05) is 11.6 Å². The van der Waals surface area contributed by atoms with Gasteiger partial charge in [0.05, 0.1) is 6.10 Å². The minimum Gasteiger partial charge on any atom is -0.378 e. The first-order chi connectivity index (χ1) is 9.24. The van der Waals surface area contributed by atoms with Crippen molar-refractivity contribution in [1.29, 1.82) is 0 Å². The second-order valence-electron chi connectivity index (χ2n) is 5.40. The van der Waals surface area contributed by atoms with E-state index in [9.17, 15) is 0 Å². The molecule has 1 aromatic rings. The predicted molar refractivity (Wildman–Crippen MR) is 81.1 cm³/mol. The third kappa shape index (κ3) is 3.10. The number of ether oxygens (including phenoxy) is 1. The standard InChI is InChI=1S/C15H20ClNOS/c1-10-11(4-6-18-10)9-17-14-5-7-19-15-3-2-12(16)8-13(14)15/h2-3,8,10-11,14,17H,4-7,9H2,1H3. The van der Waals surface area contributed by atoms with Crippen molar-refractivity contribution in [2.75, 3.05) is 18.9 Å². The van der Waals surface area contributed by atoms with Crippen molar-refractivity contribution in [2.45, 2.75) is 36.8 Å². The van der Waals surface area contributed by atoms with Gasteiger partial charge in [0.15, 0.2) is 0 Å². The highest BCUT2D eigenvalue weighted by Crippen LogP contribution is 2.37. The van der Waals surface area contributed by atoms with Gasteiger partial charge in [0.1, 0.15) is 0 Å². The lowest BCUT2D eigenvalue weighted by Gasteiger charge is -2.28. The van der Waals surface area contributed by atoms with E-state index in [1.54, 1.807) is 0 Å². The van der Waals surface area contributed by atoms with E-state index in [2.05, 4.69) is 24.4 Å². The van der Waals surface area contributed by atoms with Crippen molar-refractivity contribution in [3.05, 3.63) is 28.8 Å². The first-order valence-corrected chi connectivity index (χ1v) is 8.37. The fourth-order valence-corrected chi connectivity index (χ4v) is 4.20. The molecule has 2 heterocycles. The fourth-order valence-electron chi connectivity index (χ4n) is 2.92. The third-order valence-corrected chi connectivity index (χ3v) is 5.53. The molecule has 2 aliphatic heterocycles. The van der Waals surface area contributed by atoms with E-state index in [1.807, 2.05) is 17.8 Å². The molecule has 19 heavy (non-hydrogen) atoms. The molecule has 104 valence electrons. The Morgan fingerprint density at radius 2 is 2.32 bits per heavy atom. The molecule has 1 N–H and O–H groups in total. The number of halogens is 1. The Morgan fingerprint density at radius 1 is 1.42 bits per heavy atom. The van der Waals surface area contributed by atoms with Crippen molar-refractivity contribution in [1.82, 2.24) is 5.32 Å². The highest BCUT2D eigenvalue weighted by molar-refractivity contribution is 7.99. The molecular weight excluding hydrogens is 278 g/mol. The Morgan fingerprint density at radius 3 is 3.11 bits per heavy atom. The Kier molecular flexibility index (Phi) is 4.37. The molecule has 1 fully saturated rings. The van der Waals surface area contributed by atoms with Crippen LogP contribution in [0.3, 0.4) is 0 Å². The minimum absolute atomic E-state index is 0.393. The van der Waals surface area contributed by atoms with Crippen molar-refractivity contribution in [3.63, 3.8) is 0 Å². The molecular formula is C15H20ClNOS. The van der Waals surface area contributed by atoms with E-state index in [1.165, 1.54) is 29.1 Å². The van der Waals surface area contributed by atoms with E-state index in [4.69, 9.17) is 16.3 Å². The Hall–Kier alpha value is -0.220. The van der Waals surface area contributed by atoms with E-state index >= 15 is 0 Å². The SMILES string of the molecule is CC1OCCC1CNC1CCSc2ccc(Cl)cc21. The number of rotatable bonds is 3. The van der Waals surface area contributed by atoms with Crippen LogP contribution in [0.2, 0.25) is 5.02 Å². The number of hydrogen-bond acceptors (Lipinski definition) is 3. The summed E-state index contributed by atoms with van der Waals surface area (Å²) in [7, 11) is 0. The van der Waals surface area contributed by atoms with Crippen LogP contribution in [0.15, 0.2) is 23.1 Å². The van der Waals surface area contributed by atoms with Gasteiger partial charge in [-0.25, -0.2) is 0 Å². The van der Waals surface area contributed by atoms with Gasteiger partial charge in [-0.2, -0.15) is 0 Å². The highest BCUT2D eigenvalue weighted by atomic mass is 35.5. The van der Waals surface area contributed by atoms with Crippen molar-refractivity contribution < 1.29 is 4.74 Å². The van der Waals surface area contributed by atoms with Gasteiger partial charge in [-0.05, 0) is 55.2 Å². The monoisotopic (exact) mass is 297 g/mol. The van der Waals surface area contributed by atoms with Gasteiger partial charge in [-0.15, -0.1) is 11.8 Å². The molecule has 0 bridgehead atoms. The third-order valence-electron chi connectivity index (χ3n) is 4.17. The van der Waals surface area contributed by atoms with E-state index in [0.717, 1.165) is 18.2 Å². The Balaban J connectivity index is 1.67. The zero-order valence-corrected chi connectivity index (χ0v) is 12.8. The minimum atomic E-state index is 0.393. The van der Waals surface area contributed by atoms with Crippen LogP contribution < -0.4 is 5.32 Å². The molecule has 3 unspecified atom stereocenters. The first-order valence-electron chi connectivity index (χ1n) is 7.01. The van der Waals surface area contributed by atoms with Gasteiger partial charge < -0.3 is 10.1 Å². The highest BCUT2D eigenvalue weighted by Gasteiger charge is 2.26. The average Bonchev–Trinajstić information content (AvgIpc) is 2.82. The van der Waals surface area contributed by atoms with Crippen molar-refractivity contribution >= 4 is 23.4 Å². The maximum absolute atomic E-state index is 6.14. The molecule has 0 aromatic heterocycles. The van der Waals surface area contributed by atoms with E-state index in [-0.39, 0.29) is 0 Å². The van der Waals surface area contributed by atoms with E-state index < -0.39 is 0 Å². The second kappa shape index (κ2) is 6.04. The zero-order chi connectivity index (χ0) is 13.2. The van der Waals surface area contributed by atoms with Crippen LogP contribution in [0, 0.1) is 5.92 Å². The number of fused-ring (bicyclic) bond motifs is 1. The first kappa shape index (κ1) is 13.7. The van der Waals surface area contributed by atoms with Crippen LogP contribution in [0.4, 0.5) is 0 Å². The van der Waals surface area contributed by atoms with Gasteiger partial charge in [0, 0.05) is 29.1 Å². The molecule has 0 aliphatic carbocycles. The summed E-state index contributed by atoms with van der Waals surface area (Å²) in [5, 5.41) is 4.56.